The first-order valence-electron chi connectivity index (χ1n) is 24.8. The van der Waals surface area contributed by atoms with Gasteiger partial charge in [-0.25, -0.2) is 8.42 Å². The van der Waals surface area contributed by atoms with E-state index < -0.39 is 73.2 Å². The van der Waals surface area contributed by atoms with Gasteiger partial charge in [-0.15, -0.1) is 0 Å². The summed E-state index contributed by atoms with van der Waals surface area (Å²) in [7, 11) is -8.44. The van der Waals surface area contributed by atoms with E-state index in [1.807, 2.05) is 48.5 Å². The van der Waals surface area contributed by atoms with E-state index >= 15 is 0 Å². The molecule has 0 spiro atoms. The van der Waals surface area contributed by atoms with Crippen molar-refractivity contribution in [1.29, 1.82) is 0 Å². The van der Waals surface area contributed by atoms with E-state index in [1.54, 1.807) is 13.8 Å². The Bertz CT molecular complexity index is 1680. The molecular weight excluding hydrogens is 985 g/mol. The molecule has 0 amide bonds. The number of rotatable bonds is 27. The second kappa shape index (κ2) is 30.2. The monoisotopic (exact) mass is 1070 g/mol. The van der Waals surface area contributed by atoms with Crippen molar-refractivity contribution >= 4 is 50.6 Å². The average Bonchev–Trinajstić information content (AvgIpc) is 3.22. The van der Waals surface area contributed by atoms with Gasteiger partial charge in [-0.1, -0.05) is 47.5 Å². The standard InChI is InChI=1S/C20H29F3O7S.C17H38O3Si2.C11H22O4.K/c1-4-17(2,3)15(24)30-19-8-12-5-13(9-19)7-18(6-12,11-19)16(25)29-14(20(21,22)23)10-31(26,27)28;1-9-11-14-21(5,6)20-22(7,8)15-12-13-19-16(18)17(3,4)10-2;1-4-10(3)11(12)15-9-8-14-7-6-13-5-2;/h12-14H,4-11H2,1-3H3,(H,26,27,28);9-15H2,1-8H3;10H,4-9H2,1-3H3;/q;;;+1/p-1. The number of hydrogen-bond donors (Lipinski definition) is 0. The Morgan fingerprint density at radius 1 is 0.739 bits per heavy atom. The van der Waals surface area contributed by atoms with E-state index in [2.05, 4.69) is 37.8 Å². The molecule has 4 saturated carbocycles. The van der Waals surface area contributed by atoms with Crippen LogP contribution in [0.25, 0.3) is 0 Å². The van der Waals surface area contributed by atoms with Crippen LogP contribution in [0.15, 0.2) is 0 Å². The number of alkyl halides is 3. The first kappa shape index (κ1) is 68.5. The zero-order valence-electron chi connectivity index (χ0n) is 44.9. The maximum absolute atomic E-state index is 13.3. The number of unbranched alkanes of at least 4 members (excludes halogenated alkanes) is 1. The third-order valence-corrected chi connectivity index (χ3v) is 21.7. The summed E-state index contributed by atoms with van der Waals surface area (Å²) in [6.45, 7) is 31.7. The van der Waals surface area contributed by atoms with Crippen LogP contribution in [0.4, 0.5) is 13.2 Å². The molecule has 4 aliphatic rings. The quantitative estimate of drug-likeness (QED) is 0.0258. The smallest absolute Gasteiger partial charge is 0.748 e. The molecule has 0 radical (unpaired) electrons. The van der Waals surface area contributed by atoms with Gasteiger partial charge < -0.3 is 37.1 Å². The summed E-state index contributed by atoms with van der Waals surface area (Å²) < 4.78 is 110. The third-order valence-electron chi connectivity index (χ3n) is 13.5. The van der Waals surface area contributed by atoms with Gasteiger partial charge in [0, 0.05) is 13.0 Å². The van der Waals surface area contributed by atoms with Gasteiger partial charge in [-0.05, 0) is 143 Å². The Morgan fingerprint density at radius 2 is 1.25 bits per heavy atom. The van der Waals surface area contributed by atoms with Gasteiger partial charge in [0.1, 0.15) is 12.2 Å². The molecule has 0 N–H and O–H groups in total. The minimum Gasteiger partial charge on any atom is -0.748 e. The number of halogens is 3. The van der Waals surface area contributed by atoms with Crippen molar-refractivity contribution in [2.24, 2.45) is 34.0 Å². The molecule has 21 heteroatoms. The zero-order valence-corrected chi connectivity index (χ0v) is 50.9. The van der Waals surface area contributed by atoms with Crippen molar-refractivity contribution in [2.45, 2.75) is 202 Å². The fourth-order valence-corrected chi connectivity index (χ4v) is 18.6. The largest absolute Gasteiger partial charge is 1.00 e. The molecule has 14 nitrogen and oxygen atoms in total. The van der Waals surface area contributed by atoms with Crippen LogP contribution in [0.1, 0.15) is 146 Å². The molecule has 4 bridgehead atoms. The summed E-state index contributed by atoms with van der Waals surface area (Å²) in [5, 5.41) is 0. The molecule has 400 valence electrons. The normalized spacial score (nSPS) is 22.1. The van der Waals surface area contributed by atoms with Crippen LogP contribution in [-0.4, -0.2) is 117 Å². The van der Waals surface area contributed by atoms with Crippen LogP contribution >= 0.6 is 0 Å². The van der Waals surface area contributed by atoms with Crippen LogP contribution in [-0.2, 0) is 61.8 Å². The van der Waals surface area contributed by atoms with E-state index in [4.69, 9.17) is 27.8 Å². The molecule has 0 aliphatic heterocycles. The summed E-state index contributed by atoms with van der Waals surface area (Å²) >= 11 is 0. The van der Waals surface area contributed by atoms with Gasteiger partial charge in [0.2, 0.25) is 6.10 Å². The van der Waals surface area contributed by atoms with Gasteiger partial charge in [0.05, 0.1) is 64.5 Å². The van der Waals surface area contributed by atoms with Crippen LogP contribution in [0.3, 0.4) is 0 Å². The van der Waals surface area contributed by atoms with Crippen LogP contribution in [0, 0.1) is 34.0 Å². The summed E-state index contributed by atoms with van der Waals surface area (Å²) in [5.74, 6) is -3.69. The van der Waals surface area contributed by atoms with Gasteiger partial charge in [0.15, 0.2) is 16.6 Å². The number of ether oxygens (including phenoxy) is 6. The SMILES string of the molecule is CCC(C)(C)C(=O)OC12CC3CC(C1)CC(C(=O)OC(CS(=O)(=O)[O-])C(F)(F)F)(C3)C2.CCCC[Si](C)(C)O[Si](C)(C)CCCOC(=O)C(C)(C)CC.CCOCCOCCOC(=O)C(C)CC.[K+]. The van der Waals surface area contributed by atoms with Crippen LogP contribution in [0.5, 0.6) is 0 Å². The fourth-order valence-electron chi connectivity index (χ4n) is 8.98. The number of carbonyl (C=O) groups excluding carboxylic acids is 4. The van der Waals surface area contributed by atoms with E-state index in [-0.39, 0.29) is 92.9 Å². The second-order valence-electron chi connectivity index (χ2n) is 21.7. The fraction of sp³-hybridized carbons (Fsp3) is 0.917. The Hall–Kier alpha value is -0.470. The second-order valence-corrected chi connectivity index (χ2v) is 32.0. The molecule has 69 heavy (non-hydrogen) atoms. The summed E-state index contributed by atoms with van der Waals surface area (Å²) in [5.41, 5.74) is -3.32. The summed E-state index contributed by atoms with van der Waals surface area (Å²) in [4.78, 5) is 48.8. The average molecular weight is 1070 g/mol. The van der Waals surface area contributed by atoms with E-state index in [9.17, 15) is 45.3 Å². The molecule has 4 atom stereocenters. The van der Waals surface area contributed by atoms with E-state index in [0.29, 0.717) is 71.7 Å². The van der Waals surface area contributed by atoms with Crippen molar-refractivity contribution in [3.63, 3.8) is 0 Å². The Kier molecular flexibility index (Phi) is 30.0. The molecule has 0 aromatic heterocycles. The van der Waals surface area contributed by atoms with E-state index in [0.717, 1.165) is 31.7 Å². The number of carbonyl (C=O) groups is 4. The Morgan fingerprint density at radius 3 is 1.72 bits per heavy atom. The van der Waals surface area contributed by atoms with Crippen molar-refractivity contribution in [3.05, 3.63) is 0 Å². The van der Waals surface area contributed by atoms with Gasteiger partial charge in [-0.3, -0.25) is 19.2 Å². The van der Waals surface area contributed by atoms with Gasteiger partial charge in [-0.2, -0.15) is 13.2 Å². The maximum Gasteiger partial charge on any atom is 1.00 e. The molecule has 4 unspecified atom stereocenters. The molecule has 0 aromatic rings. The number of esters is 4. The summed E-state index contributed by atoms with van der Waals surface area (Å²) in [6.07, 6.45) is -0.0887. The number of hydrogen-bond acceptors (Lipinski definition) is 14. The molecule has 0 saturated heterocycles. The molecule has 0 heterocycles. The van der Waals surface area contributed by atoms with Crippen LogP contribution < -0.4 is 51.4 Å². The predicted molar refractivity (Wildman–Crippen MR) is 258 cm³/mol. The van der Waals surface area contributed by atoms with Crippen molar-refractivity contribution in [1.82, 2.24) is 0 Å². The molecule has 0 aromatic carbocycles. The minimum absolute atomic E-state index is 0. The van der Waals surface area contributed by atoms with Crippen LogP contribution in [0.2, 0.25) is 38.3 Å². The van der Waals surface area contributed by atoms with Crippen molar-refractivity contribution in [2.75, 3.05) is 45.4 Å². The van der Waals surface area contributed by atoms with E-state index in [1.165, 1.54) is 18.9 Å². The molecular formula is C48H88F3KO14SSi2. The maximum atomic E-state index is 13.3. The molecule has 4 rings (SSSR count). The van der Waals surface area contributed by atoms with Crippen molar-refractivity contribution in [3.8, 4) is 0 Å². The zero-order chi connectivity index (χ0) is 52.4. The predicted octanol–water partition coefficient (Wildman–Crippen LogP) is 7.54. The van der Waals surface area contributed by atoms with Gasteiger partial charge in [0.25, 0.3) is 0 Å². The molecule has 4 aliphatic carbocycles. The summed E-state index contributed by atoms with van der Waals surface area (Å²) in [6, 6.07) is 2.31. The first-order valence-corrected chi connectivity index (χ1v) is 32.6. The third kappa shape index (κ3) is 25.1. The van der Waals surface area contributed by atoms with Crippen molar-refractivity contribution < 1.29 is 129 Å². The molecule has 4 fully saturated rings. The Balaban J connectivity index is 0.00000107. The Labute approximate surface area is 457 Å². The minimum atomic E-state index is -5.27. The topological polar surface area (TPSA) is 190 Å². The van der Waals surface area contributed by atoms with Gasteiger partial charge >= 0.3 is 81.4 Å². The first-order chi connectivity index (χ1) is 31.2.